The van der Waals surface area contributed by atoms with Gasteiger partial charge in [-0.25, -0.2) is 8.42 Å². The highest BCUT2D eigenvalue weighted by molar-refractivity contribution is 7.92. The highest BCUT2D eigenvalue weighted by Crippen LogP contribution is 2.27. The number of rotatable bonds is 5. The molecule has 1 aromatic carbocycles. The van der Waals surface area contributed by atoms with E-state index in [0.29, 0.717) is 24.3 Å². The van der Waals surface area contributed by atoms with Crippen LogP contribution in [0.3, 0.4) is 0 Å². The Labute approximate surface area is 158 Å². The van der Waals surface area contributed by atoms with Gasteiger partial charge in [-0.3, -0.25) is 14.5 Å². The smallest absolute Gasteiger partial charge is 0.265 e. The Hall–Kier alpha value is -2.65. The van der Waals surface area contributed by atoms with Crippen LogP contribution < -0.4 is 9.46 Å². The van der Waals surface area contributed by atoms with Crippen LogP contribution in [0.2, 0.25) is 0 Å². The summed E-state index contributed by atoms with van der Waals surface area (Å²) in [4.78, 5) is 20.5. The number of aromatic nitrogens is 1. The van der Waals surface area contributed by atoms with Gasteiger partial charge in [0.1, 0.15) is 10.6 Å². The predicted molar refractivity (Wildman–Crippen MR) is 101 cm³/mol. The molecule has 0 radical (unpaired) electrons. The molecule has 2 heterocycles. The normalized spacial score (nSPS) is 15.4. The average Bonchev–Trinajstić information content (AvgIpc) is 2.68. The summed E-state index contributed by atoms with van der Waals surface area (Å²) in [6.07, 6.45) is 2.96. The molecule has 0 bridgehead atoms. The Balaban J connectivity index is 1.90. The maximum Gasteiger partial charge on any atom is 0.265 e. The number of ether oxygens (including phenoxy) is 1. The van der Waals surface area contributed by atoms with E-state index in [1.54, 1.807) is 29.3 Å². The minimum Gasteiger partial charge on any atom is -0.495 e. The second-order valence-electron chi connectivity index (χ2n) is 6.31. The third-order valence-corrected chi connectivity index (χ3v) is 5.81. The Kier molecular flexibility index (Phi) is 5.62. The maximum absolute atomic E-state index is 12.8. The fourth-order valence-electron chi connectivity index (χ4n) is 2.85. The topological polar surface area (TPSA) is 91.8 Å². The van der Waals surface area contributed by atoms with Gasteiger partial charge in [-0.1, -0.05) is 0 Å². The van der Waals surface area contributed by atoms with E-state index in [1.807, 2.05) is 7.05 Å². The summed E-state index contributed by atoms with van der Waals surface area (Å²) in [7, 11) is -0.552. The van der Waals surface area contributed by atoms with Gasteiger partial charge < -0.3 is 14.5 Å². The van der Waals surface area contributed by atoms with Gasteiger partial charge in [0.2, 0.25) is 0 Å². The number of nitrogens with one attached hydrogen (secondary N) is 1. The Morgan fingerprint density at radius 1 is 1.19 bits per heavy atom. The van der Waals surface area contributed by atoms with Gasteiger partial charge in [0.15, 0.2) is 0 Å². The number of hydrogen-bond acceptors (Lipinski definition) is 6. The van der Waals surface area contributed by atoms with Crippen LogP contribution >= 0.6 is 0 Å². The lowest BCUT2D eigenvalue weighted by Crippen LogP contribution is -2.47. The fourth-order valence-corrected chi connectivity index (χ4v) is 4.08. The fraction of sp³-hybridized carbons (Fsp3) is 0.333. The first-order valence-corrected chi connectivity index (χ1v) is 9.98. The SMILES string of the molecule is COc1ccc(C(=O)N2CCN(C)CC2)cc1S(=O)(=O)Nc1cccnc1. The van der Waals surface area contributed by atoms with Crippen molar-refractivity contribution in [2.24, 2.45) is 0 Å². The quantitative estimate of drug-likeness (QED) is 0.827. The first kappa shape index (κ1) is 19.1. The molecular weight excluding hydrogens is 368 g/mol. The van der Waals surface area contributed by atoms with Crippen LogP contribution in [0.5, 0.6) is 5.75 Å². The molecule has 27 heavy (non-hydrogen) atoms. The van der Waals surface area contributed by atoms with Crippen molar-refractivity contribution in [2.45, 2.75) is 4.90 Å². The number of pyridine rings is 1. The standard InChI is InChI=1S/C18H22N4O4S/c1-21-8-10-22(11-9-21)18(23)14-5-6-16(26-2)17(12-14)27(24,25)20-15-4-3-7-19-13-15/h3-7,12-13,20H,8-11H2,1-2H3. The number of nitrogens with zero attached hydrogens (tertiary/aromatic N) is 3. The number of hydrogen-bond donors (Lipinski definition) is 1. The molecule has 9 heteroatoms. The first-order chi connectivity index (χ1) is 12.9. The van der Waals surface area contributed by atoms with Gasteiger partial charge in [-0.15, -0.1) is 0 Å². The van der Waals surface area contributed by atoms with Crippen molar-refractivity contribution in [3.05, 3.63) is 48.3 Å². The van der Waals surface area contributed by atoms with E-state index in [4.69, 9.17) is 4.74 Å². The van der Waals surface area contributed by atoms with Crippen molar-refractivity contribution >= 4 is 21.6 Å². The number of piperazine rings is 1. The van der Waals surface area contributed by atoms with Crippen molar-refractivity contribution < 1.29 is 17.9 Å². The summed E-state index contributed by atoms with van der Waals surface area (Å²) in [5.74, 6) is -0.0232. The molecule has 0 saturated carbocycles. The number of anilines is 1. The number of sulfonamides is 1. The van der Waals surface area contributed by atoms with Crippen LogP contribution in [0.1, 0.15) is 10.4 Å². The van der Waals surface area contributed by atoms with Crippen molar-refractivity contribution in [2.75, 3.05) is 45.1 Å². The number of likely N-dealkylation sites (N-methyl/N-ethyl adjacent to an activating group) is 1. The molecule has 1 aromatic heterocycles. The van der Waals surface area contributed by atoms with E-state index in [-0.39, 0.29) is 16.6 Å². The highest BCUT2D eigenvalue weighted by Gasteiger charge is 2.25. The molecule has 3 rings (SSSR count). The molecule has 1 amide bonds. The summed E-state index contributed by atoms with van der Waals surface area (Å²) in [5.41, 5.74) is 0.641. The molecule has 0 unspecified atom stereocenters. The number of benzene rings is 1. The second kappa shape index (κ2) is 7.93. The van der Waals surface area contributed by atoms with Gasteiger partial charge in [0, 0.05) is 37.9 Å². The second-order valence-corrected chi connectivity index (χ2v) is 7.96. The number of amides is 1. The van der Waals surface area contributed by atoms with Crippen LogP contribution in [0.4, 0.5) is 5.69 Å². The summed E-state index contributed by atoms with van der Waals surface area (Å²) in [6, 6.07) is 7.67. The lowest BCUT2D eigenvalue weighted by Gasteiger charge is -2.32. The van der Waals surface area contributed by atoms with Gasteiger partial charge >= 0.3 is 0 Å². The third-order valence-electron chi connectivity index (χ3n) is 4.40. The van der Waals surface area contributed by atoms with Crippen LogP contribution in [0.25, 0.3) is 0 Å². The molecule has 0 aliphatic carbocycles. The van der Waals surface area contributed by atoms with Gasteiger partial charge in [0.25, 0.3) is 15.9 Å². The molecule has 0 spiro atoms. The monoisotopic (exact) mass is 390 g/mol. The average molecular weight is 390 g/mol. The number of carbonyl (C=O) groups excluding carboxylic acids is 1. The molecule has 144 valence electrons. The van der Waals surface area contributed by atoms with E-state index >= 15 is 0 Å². The lowest BCUT2D eigenvalue weighted by molar-refractivity contribution is 0.0664. The van der Waals surface area contributed by atoms with Crippen molar-refractivity contribution in [3.8, 4) is 5.75 Å². The zero-order valence-corrected chi connectivity index (χ0v) is 16.1. The van der Waals surface area contributed by atoms with Crippen molar-refractivity contribution in [3.63, 3.8) is 0 Å². The van der Waals surface area contributed by atoms with E-state index in [1.165, 1.54) is 25.4 Å². The summed E-state index contributed by atoms with van der Waals surface area (Å²) >= 11 is 0. The molecule has 1 aliphatic heterocycles. The predicted octanol–water partition coefficient (Wildman–Crippen LogP) is 1.28. The van der Waals surface area contributed by atoms with Crippen LogP contribution in [0, 0.1) is 0 Å². The number of carbonyl (C=O) groups is 1. The Morgan fingerprint density at radius 3 is 2.56 bits per heavy atom. The van der Waals surface area contributed by atoms with E-state index in [2.05, 4.69) is 14.6 Å². The highest BCUT2D eigenvalue weighted by atomic mass is 32.2. The zero-order chi connectivity index (χ0) is 19.4. The Bertz CT molecular complexity index is 910. The van der Waals surface area contributed by atoms with E-state index in [0.717, 1.165) is 13.1 Å². The molecule has 8 nitrogen and oxygen atoms in total. The lowest BCUT2D eigenvalue weighted by atomic mass is 10.1. The van der Waals surface area contributed by atoms with Crippen LogP contribution in [-0.2, 0) is 10.0 Å². The van der Waals surface area contributed by atoms with Gasteiger partial charge in [-0.05, 0) is 37.4 Å². The molecular formula is C18H22N4O4S. The summed E-state index contributed by atoms with van der Waals surface area (Å²) in [5, 5.41) is 0. The summed E-state index contributed by atoms with van der Waals surface area (Å²) < 4.78 is 33.3. The van der Waals surface area contributed by atoms with Crippen molar-refractivity contribution in [1.82, 2.24) is 14.8 Å². The molecule has 2 aromatic rings. The van der Waals surface area contributed by atoms with Crippen LogP contribution in [0.15, 0.2) is 47.6 Å². The van der Waals surface area contributed by atoms with E-state index in [9.17, 15) is 13.2 Å². The zero-order valence-electron chi connectivity index (χ0n) is 15.3. The first-order valence-electron chi connectivity index (χ1n) is 8.49. The van der Waals surface area contributed by atoms with Gasteiger partial charge in [-0.2, -0.15) is 0 Å². The third kappa shape index (κ3) is 4.37. The Morgan fingerprint density at radius 2 is 1.93 bits per heavy atom. The number of methoxy groups -OCH3 is 1. The minimum atomic E-state index is -3.95. The summed E-state index contributed by atoms with van der Waals surface area (Å²) in [6.45, 7) is 2.79. The van der Waals surface area contributed by atoms with Crippen LogP contribution in [-0.4, -0.2) is 69.4 Å². The molecule has 1 saturated heterocycles. The van der Waals surface area contributed by atoms with Crippen molar-refractivity contribution in [1.29, 1.82) is 0 Å². The largest absolute Gasteiger partial charge is 0.495 e. The minimum absolute atomic E-state index is 0.0890. The molecule has 1 fully saturated rings. The molecule has 1 aliphatic rings. The molecule has 0 atom stereocenters. The van der Waals surface area contributed by atoms with E-state index < -0.39 is 10.0 Å². The maximum atomic E-state index is 12.8. The molecule has 1 N–H and O–H groups in total. The van der Waals surface area contributed by atoms with Gasteiger partial charge in [0.05, 0.1) is 19.0 Å².